The van der Waals surface area contributed by atoms with Crippen LogP contribution in [0.1, 0.15) is 23.2 Å². The number of hydrogen-bond donors (Lipinski definition) is 3. The van der Waals surface area contributed by atoms with Gasteiger partial charge >= 0.3 is 10.2 Å². The lowest BCUT2D eigenvalue weighted by Gasteiger charge is -2.13. The summed E-state index contributed by atoms with van der Waals surface area (Å²) in [6, 6.07) is 2.90. The van der Waals surface area contributed by atoms with Gasteiger partial charge in [-0.15, -0.1) is 0 Å². The maximum absolute atomic E-state index is 14.3. The summed E-state index contributed by atoms with van der Waals surface area (Å²) in [5, 5.41) is 10.3. The highest BCUT2D eigenvalue weighted by molar-refractivity contribution is 7.87. The standard InChI is InChI=1S/C17H17ClF2N4O4S.CH2O2/c1-24(2)29(26,27)23-17(25)11-6-14(20)15(7-13(11)19)28-10-5-12(18)16(21-8-10)22-9-3-4-9;2-1-3/h5-9H,3-4H2,1-2H3,(H,21,22)(H,23,25);1H,(H,2,3). The molecule has 14 heteroatoms. The molecule has 32 heavy (non-hydrogen) atoms. The average molecular weight is 493 g/mol. The lowest BCUT2D eigenvalue weighted by Crippen LogP contribution is -2.39. The Morgan fingerprint density at radius 1 is 1.28 bits per heavy atom. The largest absolute Gasteiger partial charge is 0.483 e. The first-order chi connectivity index (χ1) is 15.0. The van der Waals surface area contributed by atoms with Crippen LogP contribution in [0, 0.1) is 11.6 Å². The second-order valence-electron chi connectivity index (χ2n) is 6.61. The van der Waals surface area contributed by atoms with E-state index in [1.807, 2.05) is 0 Å². The first-order valence-corrected chi connectivity index (χ1v) is 10.7. The van der Waals surface area contributed by atoms with Crippen molar-refractivity contribution in [2.45, 2.75) is 18.9 Å². The molecule has 0 saturated heterocycles. The molecular weight excluding hydrogens is 474 g/mol. The van der Waals surface area contributed by atoms with Gasteiger partial charge in [-0.1, -0.05) is 11.6 Å². The number of carbonyl (C=O) groups excluding carboxylic acids is 1. The van der Waals surface area contributed by atoms with Crippen molar-refractivity contribution in [2.75, 3.05) is 19.4 Å². The van der Waals surface area contributed by atoms with Gasteiger partial charge in [0.25, 0.3) is 12.4 Å². The number of aromatic nitrogens is 1. The van der Waals surface area contributed by atoms with Gasteiger partial charge in [0, 0.05) is 32.3 Å². The number of hydrogen-bond acceptors (Lipinski definition) is 7. The molecular formula is C18H19ClF2N4O6S. The minimum atomic E-state index is -4.16. The molecule has 0 unspecified atom stereocenters. The molecule has 1 amide bonds. The molecule has 1 aliphatic rings. The topological polar surface area (TPSA) is 138 Å². The Labute approximate surface area is 187 Å². The maximum atomic E-state index is 14.3. The number of anilines is 1. The van der Waals surface area contributed by atoms with Crippen molar-refractivity contribution in [3.8, 4) is 11.5 Å². The highest BCUT2D eigenvalue weighted by Crippen LogP contribution is 2.32. The number of pyridine rings is 1. The van der Waals surface area contributed by atoms with E-state index in [0.29, 0.717) is 24.0 Å². The Bertz CT molecular complexity index is 1110. The number of nitrogens with one attached hydrogen (secondary N) is 2. The fourth-order valence-electron chi connectivity index (χ4n) is 2.17. The normalized spacial score (nSPS) is 13.1. The zero-order valence-corrected chi connectivity index (χ0v) is 18.4. The minimum Gasteiger partial charge on any atom is -0.483 e. The van der Waals surface area contributed by atoms with Crippen LogP contribution >= 0.6 is 11.6 Å². The molecule has 1 aromatic carbocycles. The Hall–Kier alpha value is -3.03. The third-order valence-corrected chi connectivity index (χ3v) is 5.62. The van der Waals surface area contributed by atoms with E-state index in [-0.39, 0.29) is 17.2 Å². The summed E-state index contributed by atoms with van der Waals surface area (Å²) in [6.07, 6.45) is 3.34. The van der Waals surface area contributed by atoms with Crippen LogP contribution in [-0.2, 0) is 15.0 Å². The van der Waals surface area contributed by atoms with E-state index < -0.39 is 39.1 Å². The minimum absolute atomic E-state index is 0.0574. The van der Waals surface area contributed by atoms with Gasteiger partial charge in [-0.25, -0.2) is 18.5 Å². The zero-order chi connectivity index (χ0) is 24.1. The molecule has 0 atom stereocenters. The van der Waals surface area contributed by atoms with E-state index in [0.717, 1.165) is 17.1 Å². The molecule has 1 heterocycles. The van der Waals surface area contributed by atoms with Crippen LogP contribution in [0.5, 0.6) is 11.5 Å². The molecule has 1 aliphatic carbocycles. The molecule has 1 fully saturated rings. The van der Waals surface area contributed by atoms with Crippen molar-refractivity contribution in [1.29, 1.82) is 0 Å². The number of rotatable bonds is 7. The van der Waals surface area contributed by atoms with E-state index in [4.69, 9.17) is 26.2 Å². The number of carboxylic acid groups (broad SMARTS) is 1. The molecule has 1 saturated carbocycles. The van der Waals surface area contributed by atoms with Gasteiger partial charge in [-0.2, -0.15) is 12.7 Å². The molecule has 2 aromatic rings. The summed E-state index contributed by atoms with van der Waals surface area (Å²) < 4.78 is 59.6. The summed E-state index contributed by atoms with van der Waals surface area (Å²) in [5.74, 6) is -3.56. The second-order valence-corrected chi connectivity index (χ2v) is 8.90. The van der Waals surface area contributed by atoms with Crippen molar-refractivity contribution in [2.24, 2.45) is 0 Å². The smallest absolute Gasteiger partial charge is 0.303 e. The number of amides is 1. The van der Waals surface area contributed by atoms with Gasteiger partial charge in [0.1, 0.15) is 17.4 Å². The second kappa shape index (κ2) is 10.5. The lowest BCUT2D eigenvalue weighted by atomic mass is 10.2. The molecule has 10 nitrogen and oxygen atoms in total. The van der Waals surface area contributed by atoms with Crippen molar-refractivity contribution < 1.29 is 36.6 Å². The van der Waals surface area contributed by atoms with Crippen LogP contribution in [0.15, 0.2) is 24.4 Å². The van der Waals surface area contributed by atoms with E-state index in [1.54, 1.807) is 4.72 Å². The van der Waals surface area contributed by atoms with Gasteiger partial charge in [-0.3, -0.25) is 9.59 Å². The fourth-order valence-corrected chi connectivity index (χ4v) is 2.91. The van der Waals surface area contributed by atoms with Crippen molar-refractivity contribution in [3.63, 3.8) is 0 Å². The van der Waals surface area contributed by atoms with Gasteiger partial charge in [0.05, 0.1) is 16.8 Å². The van der Waals surface area contributed by atoms with Crippen LogP contribution in [0.2, 0.25) is 5.02 Å². The summed E-state index contributed by atoms with van der Waals surface area (Å²) in [6.45, 7) is -0.250. The molecule has 3 N–H and O–H groups in total. The number of benzene rings is 1. The number of carbonyl (C=O) groups is 2. The Morgan fingerprint density at radius 3 is 2.44 bits per heavy atom. The average Bonchev–Trinajstić information content (AvgIpc) is 3.51. The molecule has 0 bridgehead atoms. The molecule has 0 spiro atoms. The molecule has 1 aromatic heterocycles. The van der Waals surface area contributed by atoms with E-state index in [2.05, 4.69) is 10.3 Å². The van der Waals surface area contributed by atoms with Crippen molar-refractivity contribution >= 4 is 40.0 Å². The van der Waals surface area contributed by atoms with Gasteiger partial charge < -0.3 is 15.2 Å². The summed E-state index contributed by atoms with van der Waals surface area (Å²) >= 11 is 6.11. The van der Waals surface area contributed by atoms with E-state index >= 15 is 0 Å². The predicted octanol–water partition coefficient (Wildman–Crippen LogP) is 2.62. The lowest BCUT2D eigenvalue weighted by molar-refractivity contribution is -0.122. The highest BCUT2D eigenvalue weighted by Gasteiger charge is 2.24. The summed E-state index contributed by atoms with van der Waals surface area (Å²) in [5.41, 5.74) is -0.791. The van der Waals surface area contributed by atoms with Crippen LogP contribution in [-0.4, -0.2) is 55.3 Å². The highest BCUT2D eigenvalue weighted by atomic mass is 35.5. The van der Waals surface area contributed by atoms with Crippen molar-refractivity contribution in [3.05, 3.63) is 46.6 Å². The Morgan fingerprint density at radius 2 is 1.91 bits per heavy atom. The first kappa shape index (κ1) is 25.2. The van der Waals surface area contributed by atoms with Gasteiger partial charge in [-0.05, 0) is 18.9 Å². The quantitative estimate of drug-likeness (QED) is 0.501. The van der Waals surface area contributed by atoms with E-state index in [9.17, 15) is 22.0 Å². The van der Waals surface area contributed by atoms with Crippen LogP contribution in [0.25, 0.3) is 0 Å². The third kappa shape index (κ3) is 6.73. The van der Waals surface area contributed by atoms with Gasteiger partial charge in [0.15, 0.2) is 11.6 Å². The van der Waals surface area contributed by atoms with Crippen LogP contribution in [0.4, 0.5) is 14.6 Å². The number of ether oxygens (including phenoxy) is 1. The Balaban J connectivity index is 0.00000114. The molecule has 3 rings (SSSR count). The van der Waals surface area contributed by atoms with Crippen molar-refractivity contribution in [1.82, 2.24) is 14.0 Å². The van der Waals surface area contributed by atoms with Gasteiger partial charge in [0.2, 0.25) is 0 Å². The fraction of sp³-hybridized carbons (Fsp3) is 0.278. The third-order valence-electron chi connectivity index (χ3n) is 3.93. The zero-order valence-electron chi connectivity index (χ0n) is 16.8. The molecule has 0 radical (unpaired) electrons. The molecule has 174 valence electrons. The van der Waals surface area contributed by atoms with Crippen LogP contribution in [0.3, 0.4) is 0 Å². The maximum Gasteiger partial charge on any atom is 0.303 e. The van der Waals surface area contributed by atoms with E-state index in [1.165, 1.54) is 26.4 Å². The summed E-state index contributed by atoms with van der Waals surface area (Å²) in [4.78, 5) is 24.4. The SMILES string of the molecule is CN(C)S(=O)(=O)NC(=O)c1cc(F)c(Oc2cnc(NC3CC3)c(Cl)c2)cc1F.O=CO. The number of nitrogens with zero attached hydrogens (tertiary/aromatic N) is 2. The molecule has 0 aliphatic heterocycles. The summed E-state index contributed by atoms with van der Waals surface area (Å²) in [7, 11) is -1.81. The monoisotopic (exact) mass is 492 g/mol. The first-order valence-electron chi connectivity index (χ1n) is 8.90. The predicted molar refractivity (Wildman–Crippen MR) is 111 cm³/mol. The van der Waals surface area contributed by atoms with Crippen LogP contribution < -0.4 is 14.8 Å². The Kier molecular flexibility index (Phi) is 8.30. The number of halogens is 3.